The van der Waals surface area contributed by atoms with E-state index >= 15 is 0 Å². The molecule has 1 saturated carbocycles. The van der Waals surface area contributed by atoms with Gasteiger partial charge in [0.05, 0.1) is 6.10 Å². The van der Waals surface area contributed by atoms with Crippen LogP contribution in [-0.2, 0) is 4.74 Å². The van der Waals surface area contributed by atoms with Gasteiger partial charge < -0.3 is 10.1 Å². The van der Waals surface area contributed by atoms with Crippen molar-refractivity contribution in [3.63, 3.8) is 0 Å². The molecule has 0 amide bonds. The zero-order chi connectivity index (χ0) is 13.9. The predicted molar refractivity (Wildman–Crippen MR) is 84.8 cm³/mol. The second-order valence-electron chi connectivity index (χ2n) is 7.29. The molecule has 1 heterocycles. The van der Waals surface area contributed by atoms with Crippen LogP contribution in [0, 0.1) is 17.3 Å². The van der Waals surface area contributed by atoms with Crippen molar-refractivity contribution in [2.24, 2.45) is 17.3 Å². The summed E-state index contributed by atoms with van der Waals surface area (Å²) < 4.78 is 6.03. The van der Waals surface area contributed by atoms with Crippen LogP contribution in [0.25, 0.3) is 0 Å². The van der Waals surface area contributed by atoms with Crippen LogP contribution in [0.5, 0.6) is 0 Å². The van der Waals surface area contributed by atoms with Crippen molar-refractivity contribution in [3.8, 4) is 0 Å². The van der Waals surface area contributed by atoms with Crippen molar-refractivity contribution in [3.05, 3.63) is 0 Å². The van der Waals surface area contributed by atoms with Crippen molar-refractivity contribution in [1.82, 2.24) is 5.32 Å². The molecule has 0 radical (unpaired) electrons. The number of hydrogen-bond acceptors (Lipinski definition) is 3. The summed E-state index contributed by atoms with van der Waals surface area (Å²) >= 11 is 2.11. The highest BCUT2D eigenvalue weighted by Crippen LogP contribution is 2.43. The smallest absolute Gasteiger partial charge is 0.0656 e. The third kappa shape index (κ3) is 4.12. The molecule has 0 spiro atoms. The van der Waals surface area contributed by atoms with Gasteiger partial charge >= 0.3 is 0 Å². The summed E-state index contributed by atoms with van der Waals surface area (Å²) in [5, 5.41) is 3.81. The lowest BCUT2D eigenvalue weighted by atomic mass is 9.64. The van der Waals surface area contributed by atoms with Crippen LogP contribution in [0.15, 0.2) is 0 Å². The molecule has 0 aromatic carbocycles. The van der Waals surface area contributed by atoms with E-state index in [1.165, 1.54) is 37.3 Å². The minimum atomic E-state index is 0.304. The van der Waals surface area contributed by atoms with E-state index < -0.39 is 0 Å². The van der Waals surface area contributed by atoms with Crippen LogP contribution in [0.3, 0.4) is 0 Å². The van der Waals surface area contributed by atoms with Gasteiger partial charge in [0.1, 0.15) is 0 Å². The predicted octanol–water partition coefficient (Wildman–Crippen LogP) is 3.56. The van der Waals surface area contributed by atoms with Crippen molar-refractivity contribution < 1.29 is 4.74 Å². The second-order valence-corrected chi connectivity index (χ2v) is 8.51. The Morgan fingerprint density at radius 1 is 1.26 bits per heavy atom. The fourth-order valence-electron chi connectivity index (χ4n) is 3.08. The first-order valence-corrected chi connectivity index (χ1v) is 9.08. The van der Waals surface area contributed by atoms with E-state index in [2.05, 4.69) is 44.8 Å². The number of nitrogens with one attached hydrogen (secondary N) is 1. The number of rotatable bonds is 6. The van der Waals surface area contributed by atoms with E-state index in [0.717, 1.165) is 12.5 Å². The Hall–Kier alpha value is 0.270. The molecule has 19 heavy (non-hydrogen) atoms. The van der Waals surface area contributed by atoms with Gasteiger partial charge in [0.25, 0.3) is 0 Å². The number of ether oxygens (including phenoxy) is 1. The van der Waals surface area contributed by atoms with Gasteiger partial charge in [0, 0.05) is 18.1 Å². The first kappa shape index (κ1) is 15.7. The highest BCUT2D eigenvalue weighted by Gasteiger charge is 2.48. The van der Waals surface area contributed by atoms with Crippen molar-refractivity contribution in [2.45, 2.75) is 59.1 Å². The third-order valence-corrected chi connectivity index (χ3v) is 5.85. The highest BCUT2D eigenvalue weighted by atomic mass is 32.2. The van der Waals surface area contributed by atoms with Crippen LogP contribution in [0.2, 0.25) is 0 Å². The van der Waals surface area contributed by atoms with Gasteiger partial charge in [-0.25, -0.2) is 0 Å². The van der Waals surface area contributed by atoms with E-state index in [1.54, 1.807) is 0 Å². The maximum Gasteiger partial charge on any atom is 0.0656 e. The van der Waals surface area contributed by atoms with Gasteiger partial charge in [-0.1, -0.05) is 27.7 Å². The van der Waals surface area contributed by atoms with E-state index in [0.29, 0.717) is 23.5 Å². The molecule has 112 valence electrons. The van der Waals surface area contributed by atoms with Gasteiger partial charge in [0.15, 0.2) is 0 Å². The van der Waals surface area contributed by atoms with Crippen molar-refractivity contribution >= 4 is 11.8 Å². The summed E-state index contributed by atoms with van der Waals surface area (Å²) in [5.41, 5.74) is 0.304. The molecule has 2 aliphatic rings. The fourth-order valence-corrected chi connectivity index (χ4v) is 4.29. The molecule has 1 aliphatic carbocycles. The van der Waals surface area contributed by atoms with E-state index in [9.17, 15) is 0 Å². The molecule has 3 heteroatoms. The quantitative estimate of drug-likeness (QED) is 0.806. The van der Waals surface area contributed by atoms with Gasteiger partial charge in [-0.2, -0.15) is 11.8 Å². The topological polar surface area (TPSA) is 21.3 Å². The molecule has 1 N–H and O–H groups in total. The summed E-state index contributed by atoms with van der Waals surface area (Å²) in [7, 11) is 0. The van der Waals surface area contributed by atoms with Crippen LogP contribution in [0.1, 0.15) is 47.0 Å². The Morgan fingerprint density at radius 2 is 1.95 bits per heavy atom. The lowest BCUT2D eigenvalue weighted by molar-refractivity contribution is -0.124. The van der Waals surface area contributed by atoms with Crippen LogP contribution in [-0.4, -0.2) is 36.8 Å². The molecule has 0 bridgehead atoms. The average Bonchev–Trinajstić information content (AvgIpc) is 2.37. The Kier molecular flexibility index (Phi) is 5.62. The highest BCUT2D eigenvalue weighted by molar-refractivity contribution is 7.99. The molecular formula is C16H31NOS. The first-order valence-electron chi connectivity index (χ1n) is 7.93. The largest absolute Gasteiger partial charge is 0.377 e. The maximum atomic E-state index is 6.03. The van der Waals surface area contributed by atoms with Crippen molar-refractivity contribution in [2.75, 3.05) is 24.7 Å². The second kappa shape index (κ2) is 6.82. The summed E-state index contributed by atoms with van der Waals surface area (Å²) in [6.07, 6.45) is 4.45. The first-order chi connectivity index (χ1) is 9.00. The molecule has 1 saturated heterocycles. The molecule has 2 rings (SSSR count). The molecular weight excluding hydrogens is 254 g/mol. The summed E-state index contributed by atoms with van der Waals surface area (Å²) in [6, 6.07) is 0.652. The zero-order valence-corrected chi connectivity index (χ0v) is 13.9. The van der Waals surface area contributed by atoms with Crippen LogP contribution in [0.4, 0.5) is 0 Å². The minimum absolute atomic E-state index is 0.304. The number of hydrogen-bond donors (Lipinski definition) is 1. The van der Waals surface area contributed by atoms with Gasteiger partial charge in [-0.3, -0.25) is 0 Å². The van der Waals surface area contributed by atoms with E-state index in [-0.39, 0.29) is 0 Å². The summed E-state index contributed by atoms with van der Waals surface area (Å²) in [5.74, 6) is 4.27. The monoisotopic (exact) mass is 285 g/mol. The lowest BCUT2D eigenvalue weighted by Gasteiger charge is -2.52. The maximum absolute atomic E-state index is 6.03. The van der Waals surface area contributed by atoms with E-state index in [4.69, 9.17) is 4.74 Å². The van der Waals surface area contributed by atoms with Crippen molar-refractivity contribution in [1.29, 1.82) is 0 Å². The van der Waals surface area contributed by atoms with E-state index in [1.807, 2.05) is 0 Å². The van der Waals surface area contributed by atoms with Crippen LogP contribution >= 0.6 is 11.8 Å². The summed E-state index contributed by atoms with van der Waals surface area (Å²) in [6.45, 7) is 11.3. The Bertz CT molecular complexity index is 274. The Balaban J connectivity index is 1.68. The SMILES string of the molecule is CC(C)COC1CC(NCC2CCSCC2)C1(C)C. The fraction of sp³-hybridized carbons (Fsp3) is 1.00. The zero-order valence-electron chi connectivity index (χ0n) is 13.1. The Morgan fingerprint density at radius 3 is 2.53 bits per heavy atom. The standard InChI is InChI=1S/C16H31NOS/c1-12(2)11-18-15-9-14(16(15,3)4)17-10-13-5-7-19-8-6-13/h12-15,17H,5-11H2,1-4H3. The average molecular weight is 285 g/mol. The number of thioether (sulfide) groups is 1. The molecule has 2 fully saturated rings. The lowest BCUT2D eigenvalue weighted by Crippen LogP contribution is -2.61. The Labute approximate surface area is 123 Å². The summed E-state index contributed by atoms with van der Waals surface area (Å²) in [4.78, 5) is 0. The minimum Gasteiger partial charge on any atom is -0.377 e. The van der Waals surface area contributed by atoms with Gasteiger partial charge in [-0.05, 0) is 49.1 Å². The normalized spacial score (nSPS) is 31.4. The molecule has 2 atom stereocenters. The van der Waals surface area contributed by atoms with Gasteiger partial charge in [-0.15, -0.1) is 0 Å². The third-order valence-electron chi connectivity index (χ3n) is 4.80. The molecule has 0 aromatic rings. The van der Waals surface area contributed by atoms with Gasteiger partial charge in [0.2, 0.25) is 0 Å². The molecule has 1 aliphatic heterocycles. The molecule has 2 unspecified atom stereocenters. The van der Waals surface area contributed by atoms with Crippen LogP contribution < -0.4 is 5.32 Å². The molecule has 2 nitrogen and oxygen atoms in total. The molecule has 0 aromatic heterocycles.